The molecular formula is C14H15FN2S. The summed E-state index contributed by atoms with van der Waals surface area (Å²) in [6.45, 7) is 6.00. The molecule has 0 radical (unpaired) electrons. The summed E-state index contributed by atoms with van der Waals surface area (Å²) in [6, 6.07) is 6.69. The Balaban J connectivity index is 2.60. The minimum atomic E-state index is -0.263. The quantitative estimate of drug-likeness (QED) is 0.814. The Morgan fingerprint density at radius 2 is 1.94 bits per heavy atom. The lowest BCUT2D eigenvalue weighted by Gasteiger charge is -2.09. The summed E-state index contributed by atoms with van der Waals surface area (Å²) in [4.78, 5) is 7.47. The summed E-state index contributed by atoms with van der Waals surface area (Å²) in [5.74, 6) is 0.679. The number of aromatic amines is 1. The van der Waals surface area contributed by atoms with Gasteiger partial charge in [-0.3, -0.25) is 0 Å². The Bertz CT molecular complexity index is 612. The van der Waals surface area contributed by atoms with Crippen LogP contribution in [0.4, 0.5) is 4.39 Å². The Morgan fingerprint density at radius 1 is 1.22 bits per heavy atom. The Kier molecular flexibility index (Phi) is 3.57. The molecule has 4 heteroatoms. The Morgan fingerprint density at radius 3 is 2.56 bits per heavy atom. The minimum Gasteiger partial charge on any atom is -0.343 e. The Hall–Kier alpha value is -1.55. The smallest absolute Gasteiger partial charge is 0.139 e. The molecule has 0 aliphatic heterocycles. The first-order chi connectivity index (χ1) is 8.45. The summed E-state index contributed by atoms with van der Waals surface area (Å²) in [5.41, 5.74) is 2.59. The molecule has 2 rings (SSSR count). The van der Waals surface area contributed by atoms with E-state index in [1.807, 2.05) is 19.1 Å². The Labute approximate surface area is 111 Å². The molecule has 0 amide bonds. The van der Waals surface area contributed by atoms with Crippen molar-refractivity contribution in [2.45, 2.75) is 26.7 Å². The third-order valence-corrected chi connectivity index (χ3v) is 2.91. The SMILES string of the molecule is Cc1cc(F)cc(-c2nc(=S)cc(C(C)C)[nH]2)c1. The molecule has 0 unspecified atom stereocenters. The molecule has 0 saturated carbocycles. The van der Waals surface area contributed by atoms with E-state index in [0.29, 0.717) is 16.4 Å². The van der Waals surface area contributed by atoms with E-state index >= 15 is 0 Å². The van der Waals surface area contributed by atoms with Gasteiger partial charge in [-0.15, -0.1) is 0 Å². The zero-order valence-electron chi connectivity index (χ0n) is 10.6. The molecule has 94 valence electrons. The summed E-state index contributed by atoms with van der Waals surface area (Å²) in [7, 11) is 0. The molecule has 1 aromatic carbocycles. The molecule has 1 heterocycles. The van der Waals surface area contributed by atoms with Crippen molar-refractivity contribution in [2.75, 3.05) is 0 Å². The van der Waals surface area contributed by atoms with Crippen LogP contribution in [0.1, 0.15) is 31.0 Å². The van der Waals surface area contributed by atoms with Gasteiger partial charge < -0.3 is 4.98 Å². The first-order valence-electron chi connectivity index (χ1n) is 5.84. The van der Waals surface area contributed by atoms with E-state index in [9.17, 15) is 4.39 Å². The maximum Gasteiger partial charge on any atom is 0.139 e. The zero-order chi connectivity index (χ0) is 13.3. The van der Waals surface area contributed by atoms with Crippen LogP contribution in [0.15, 0.2) is 24.3 Å². The van der Waals surface area contributed by atoms with Gasteiger partial charge in [0.15, 0.2) is 0 Å². The fourth-order valence-electron chi connectivity index (χ4n) is 1.80. The summed E-state index contributed by atoms with van der Waals surface area (Å²) in [5, 5.41) is 0. The highest BCUT2D eigenvalue weighted by atomic mass is 32.1. The zero-order valence-corrected chi connectivity index (χ0v) is 11.4. The largest absolute Gasteiger partial charge is 0.343 e. The van der Waals surface area contributed by atoms with Crippen LogP contribution >= 0.6 is 12.2 Å². The van der Waals surface area contributed by atoms with Crippen molar-refractivity contribution in [3.05, 3.63) is 46.0 Å². The van der Waals surface area contributed by atoms with E-state index in [2.05, 4.69) is 23.8 Å². The number of halogens is 1. The molecule has 0 spiro atoms. The molecule has 1 aromatic heterocycles. The monoisotopic (exact) mass is 262 g/mol. The molecule has 0 saturated heterocycles. The van der Waals surface area contributed by atoms with Crippen LogP contribution in [0, 0.1) is 17.4 Å². The third-order valence-electron chi connectivity index (χ3n) is 2.70. The number of hydrogen-bond donors (Lipinski definition) is 1. The maximum atomic E-state index is 13.4. The van der Waals surface area contributed by atoms with Crippen LogP contribution < -0.4 is 0 Å². The molecule has 0 bridgehead atoms. The van der Waals surface area contributed by atoms with Gasteiger partial charge in [-0.2, -0.15) is 0 Å². The second-order valence-corrected chi connectivity index (χ2v) is 5.11. The number of benzene rings is 1. The van der Waals surface area contributed by atoms with Crippen LogP contribution in [-0.2, 0) is 0 Å². The highest BCUT2D eigenvalue weighted by Crippen LogP contribution is 2.20. The van der Waals surface area contributed by atoms with Crippen molar-refractivity contribution in [3.63, 3.8) is 0 Å². The van der Waals surface area contributed by atoms with Crippen LogP contribution in [0.3, 0.4) is 0 Å². The minimum absolute atomic E-state index is 0.263. The van der Waals surface area contributed by atoms with E-state index < -0.39 is 0 Å². The van der Waals surface area contributed by atoms with Crippen molar-refractivity contribution in [3.8, 4) is 11.4 Å². The molecule has 2 aromatic rings. The molecule has 0 fully saturated rings. The van der Waals surface area contributed by atoms with Gasteiger partial charge in [0.2, 0.25) is 0 Å². The highest BCUT2D eigenvalue weighted by molar-refractivity contribution is 7.71. The molecule has 0 atom stereocenters. The standard InChI is InChI=1S/C14H15FN2S/c1-8(2)12-7-13(18)17-14(16-12)10-4-9(3)5-11(15)6-10/h4-8H,1-3H3,(H,16,17,18). The summed E-state index contributed by atoms with van der Waals surface area (Å²) >= 11 is 5.15. The average Bonchev–Trinajstić information content (AvgIpc) is 2.26. The molecule has 18 heavy (non-hydrogen) atoms. The average molecular weight is 262 g/mol. The molecule has 0 aliphatic rings. The normalized spacial score (nSPS) is 10.9. The first-order valence-corrected chi connectivity index (χ1v) is 6.25. The van der Waals surface area contributed by atoms with Crippen LogP contribution in [0.2, 0.25) is 0 Å². The second kappa shape index (κ2) is 4.98. The van der Waals surface area contributed by atoms with Gasteiger partial charge in [-0.1, -0.05) is 26.1 Å². The molecule has 2 nitrogen and oxygen atoms in total. The lowest BCUT2D eigenvalue weighted by Crippen LogP contribution is -1.98. The number of nitrogens with one attached hydrogen (secondary N) is 1. The first kappa shape index (κ1) is 12.9. The third kappa shape index (κ3) is 2.82. The van der Waals surface area contributed by atoms with Crippen LogP contribution in [-0.4, -0.2) is 9.97 Å². The van der Waals surface area contributed by atoms with Gasteiger partial charge >= 0.3 is 0 Å². The van der Waals surface area contributed by atoms with Crippen molar-refractivity contribution in [1.82, 2.24) is 9.97 Å². The molecular weight excluding hydrogens is 247 g/mol. The van der Waals surface area contributed by atoms with Gasteiger partial charge in [0.05, 0.1) is 0 Å². The predicted octanol–water partition coefficient (Wildman–Crippen LogP) is 4.38. The van der Waals surface area contributed by atoms with Gasteiger partial charge in [0, 0.05) is 11.3 Å². The van der Waals surface area contributed by atoms with Gasteiger partial charge in [0.1, 0.15) is 16.3 Å². The van der Waals surface area contributed by atoms with E-state index in [0.717, 1.165) is 16.8 Å². The number of aromatic nitrogens is 2. The number of rotatable bonds is 2. The number of hydrogen-bond acceptors (Lipinski definition) is 2. The predicted molar refractivity (Wildman–Crippen MR) is 73.6 cm³/mol. The lowest BCUT2D eigenvalue weighted by atomic mass is 10.1. The van der Waals surface area contributed by atoms with Crippen LogP contribution in [0.25, 0.3) is 11.4 Å². The summed E-state index contributed by atoms with van der Waals surface area (Å²) in [6.07, 6.45) is 0. The van der Waals surface area contributed by atoms with Gasteiger partial charge in [-0.25, -0.2) is 9.37 Å². The molecule has 1 N–H and O–H groups in total. The van der Waals surface area contributed by atoms with Crippen LogP contribution in [0.5, 0.6) is 0 Å². The van der Waals surface area contributed by atoms with E-state index in [1.165, 1.54) is 12.1 Å². The van der Waals surface area contributed by atoms with E-state index in [1.54, 1.807) is 0 Å². The summed E-state index contributed by atoms with van der Waals surface area (Å²) < 4.78 is 13.9. The maximum absolute atomic E-state index is 13.4. The number of aryl methyl sites for hydroxylation is 1. The van der Waals surface area contributed by atoms with Crippen molar-refractivity contribution in [2.24, 2.45) is 0 Å². The molecule has 0 aliphatic carbocycles. The second-order valence-electron chi connectivity index (χ2n) is 4.70. The number of nitrogens with zero attached hydrogens (tertiary/aromatic N) is 1. The fourth-order valence-corrected chi connectivity index (χ4v) is 2.02. The van der Waals surface area contributed by atoms with E-state index in [-0.39, 0.29) is 5.82 Å². The fraction of sp³-hybridized carbons (Fsp3) is 0.286. The van der Waals surface area contributed by atoms with Crippen molar-refractivity contribution < 1.29 is 4.39 Å². The van der Waals surface area contributed by atoms with Crippen molar-refractivity contribution in [1.29, 1.82) is 0 Å². The van der Waals surface area contributed by atoms with Gasteiger partial charge in [0.25, 0.3) is 0 Å². The van der Waals surface area contributed by atoms with E-state index in [4.69, 9.17) is 12.2 Å². The lowest BCUT2D eigenvalue weighted by molar-refractivity contribution is 0.627. The topological polar surface area (TPSA) is 28.7 Å². The van der Waals surface area contributed by atoms with Crippen molar-refractivity contribution >= 4 is 12.2 Å². The number of H-pyrrole nitrogens is 1. The highest BCUT2D eigenvalue weighted by Gasteiger charge is 2.07. The van der Waals surface area contributed by atoms with Gasteiger partial charge in [-0.05, 0) is 42.7 Å².